The molecule has 5 heteroatoms. The highest BCUT2D eigenvalue weighted by Gasteiger charge is 2.12. The number of phenolic OH excluding ortho intramolecular Hbond substituents is 3. The molecule has 0 saturated heterocycles. The molecule has 0 fully saturated rings. The summed E-state index contributed by atoms with van der Waals surface area (Å²) in [7, 11) is 0. The Labute approximate surface area is 216 Å². The Kier molecular flexibility index (Phi) is 12.2. The SMILES string of the molecule is Oc1cccc(CCc2c(CCNCCCCCCCNCCc3ccccc3)ccc(O)c2O)c1. The summed E-state index contributed by atoms with van der Waals surface area (Å²) in [5, 5.41) is 37.1. The summed E-state index contributed by atoms with van der Waals surface area (Å²) in [5.41, 5.74) is 4.24. The van der Waals surface area contributed by atoms with E-state index < -0.39 is 0 Å². The average Bonchev–Trinajstić information content (AvgIpc) is 2.89. The molecule has 194 valence electrons. The van der Waals surface area contributed by atoms with Crippen LogP contribution in [-0.2, 0) is 25.7 Å². The van der Waals surface area contributed by atoms with Crippen molar-refractivity contribution in [1.29, 1.82) is 0 Å². The molecule has 0 aliphatic carbocycles. The lowest BCUT2D eigenvalue weighted by Gasteiger charge is -2.14. The predicted molar refractivity (Wildman–Crippen MR) is 148 cm³/mol. The van der Waals surface area contributed by atoms with Gasteiger partial charge >= 0.3 is 0 Å². The van der Waals surface area contributed by atoms with Crippen LogP contribution in [0.3, 0.4) is 0 Å². The van der Waals surface area contributed by atoms with Gasteiger partial charge in [-0.3, -0.25) is 0 Å². The van der Waals surface area contributed by atoms with E-state index in [9.17, 15) is 15.3 Å². The summed E-state index contributed by atoms with van der Waals surface area (Å²) in [6.07, 6.45) is 9.39. The lowest BCUT2D eigenvalue weighted by molar-refractivity contribution is 0.398. The van der Waals surface area contributed by atoms with Gasteiger partial charge in [-0.1, -0.05) is 67.8 Å². The number of rotatable bonds is 17. The van der Waals surface area contributed by atoms with Crippen LogP contribution < -0.4 is 10.6 Å². The maximum Gasteiger partial charge on any atom is 0.160 e. The maximum absolute atomic E-state index is 10.4. The Morgan fingerprint density at radius 2 is 1.19 bits per heavy atom. The van der Waals surface area contributed by atoms with E-state index in [1.807, 2.05) is 18.2 Å². The first-order valence-electron chi connectivity index (χ1n) is 13.4. The molecule has 5 nitrogen and oxygen atoms in total. The summed E-state index contributed by atoms with van der Waals surface area (Å²) in [4.78, 5) is 0. The van der Waals surface area contributed by atoms with Crippen LogP contribution in [0.4, 0.5) is 0 Å². The Hall–Kier alpha value is -3.02. The second kappa shape index (κ2) is 15.9. The number of aromatic hydroxyl groups is 3. The van der Waals surface area contributed by atoms with Gasteiger partial charge < -0.3 is 26.0 Å². The molecule has 3 aromatic carbocycles. The number of nitrogens with one attached hydrogen (secondary N) is 2. The second-order valence-corrected chi connectivity index (χ2v) is 9.49. The number of hydrogen-bond acceptors (Lipinski definition) is 5. The fraction of sp³-hybridized carbons (Fsp3) is 0.419. The van der Waals surface area contributed by atoms with Gasteiger partial charge in [-0.2, -0.15) is 0 Å². The molecule has 0 radical (unpaired) electrons. The van der Waals surface area contributed by atoms with Gasteiger partial charge in [0.15, 0.2) is 11.5 Å². The first kappa shape index (κ1) is 27.6. The van der Waals surface area contributed by atoms with E-state index in [0.717, 1.165) is 55.7 Å². The van der Waals surface area contributed by atoms with Gasteiger partial charge in [-0.15, -0.1) is 0 Å². The van der Waals surface area contributed by atoms with Gasteiger partial charge in [-0.05, 0) is 99.6 Å². The smallest absolute Gasteiger partial charge is 0.160 e. The molecule has 0 heterocycles. The molecule has 0 amide bonds. The fourth-order valence-corrected chi connectivity index (χ4v) is 4.54. The van der Waals surface area contributed by atoms with E-state index in [-0.39, 0.29) is 17.2 Å². The van der Waals surface area contributed by atoms with Crippen LogP contribution in [-0.4, -0.2) is 41.5 Å². The van der Waals surface area contributed by atoms with Gasteiger partial charge in [0.25, 0.3) is 0 Å². The van der Waals surface area contributed by atoms with E-state index in [0.29, 0.717) is 12.8 Å². The van der Waals surface area contributed by atoms with Crippen molar-refractivity contribution in [3.05, 3.63) is 89.0 Å². The summed E-state index contributed by atoms with van der Waals surface area (Å²) in [5.74, 6) is 0.138. The third kappa shape index (κ3) is 9.92. The van der Waals surface area contributed by atoms with Crippen molar-refractivity contribution in [3.8, 4) is 17.2 Å². The van der Waals surface area contributed by atoms with E-state index in [2.05, 4.69) is 41.0 Å². The number of unbranched alkanes of at least 4 members (excludes halogenated alkanes) is 4. The number of benzene rings is 3. The van der Waals surface area contributed by atoms with Crippen LogP contribution in [0.5, 0.6) is 17.2 Å². The Morgan fingerprint density at radius 3 is 1.92 bits per heavy atom. The highest BCUT2D eigenvalue weighted by molar-refractivity contribution is 5.49. The molecule has 0 bridgehead atoms. The monoisotopic (exact) mass is 490 g/mol. The number of aryl methyl sites for hydroxylation is 1. The summed E-state index contributed by atoms with van der Waals surface area (Å²) >= 11 is 0. The molecule has 0 unspecified atom stereocenters. The lowest BCUT2D eigenvalue weighted by atomic mass is 9.96. The zero-order valence-electron chi connectivity index (χ0n) is 21.4. The van der Waals surface area contributed by atoms with E-state index in [4.69, 9.17) is 0 Å². The second-order valence-electron chi connectivity index (χ2n) is 9.49. The molecular weight excluding hydrogens is 448 g/mol. The standard InChI is InChI=1S/C31H42N2O3/c34-28-13-9-12-26(24-28)14-16-29-27(15-17-30(35)31(29)36)19-23-33-21-8-3-1-2-7-20-32-22-18-25-10-5-4-6-11-25/h4-6,9-13,15,17,24,32-36H,1-3,7-8,14,16,18-23H2. The normalized spacial score (nSPS) is 11.1. The van der Waals surface area contributed by atoms with Gasteiger partial charge in [0.1, 0.15) is 5.75 Å². The highest BCUT2D eigenvalue weighted by atomic mass is 16.3. The van der Waals surface area contributed by atoms with Crippen LogP contribution in [0, 0.1) is 0 Å². The summed E-state index contributed by atoms with van der Waals surface area (Å²) in [6.45, 7) is 3.98. The van der Waals surface area contributed by atoms with Gasteiger partial charge in [0.2, 0.25) is 0 Å². The first-order chi connectivity index (χ1) is 17.6. The molecule has 0 saturated carbocycles. The molecule has 0 aliphatic rings. The summed E-state index contributed by atoms with van der Waals surface area (Å²) < 4.78 is 0. The lowest BCUT2D eigenvalue weighted by Crippen LogP contribution is -2.19. The van der Waals surface area contributed by atoms with Crippen molar-refractivity contribution < 1.29 is 15.3 Å². The quantitative estimate of drug-likeness (QED) is 0.127. The van der Waals surface area contributed by atoms with E-state index >= 15 is 0 Å². The molecule has 0 aromatic heterocycles. The molecule has 5 N–H and O–H groups in total. The van der Waals surface area contributed by atoms with Crippen molar-refractivity contribution in [1.82, 2.24) is 10.6 Å². The van der Waals surface area contributed by atoms with E-state index in [1.165, 1.54) is 37.7 Å². The molecule has 0 atom stereocenters. The zero-order valence-corrected chi connectivity index (χ0v) is 21.4. The minimum atomic E-state index is -0.0796. The Bertz CT molecular complexity index is 1020. The summed E-state index contributed by atoms with van der Waals surface area (Å²) in [6, 6.07) is 21.3. The van der Waals surface area contributed by atoms with Crippen LogP contribution in [0.1, 0.15) is 54.4 Å². The van der Waals surface area contributed by atoms with Crippen molar-refractivity contribution in [3.63, 3.8) is 0 Å². The van der Waals surface area contributed by atoms with Gasteiger partial charge in [0.05, 0.1) is 0 Å². The first-order valence-corrected chi connectivity index (χ1v) is 13.4. The Morgan fingerprint density at radius 1 is 0.528 bits per heavy atom. The predicted octanol–water partition coefficient (Wildman–Crippen LogP) is 5.50. The molecule has 3 aromatic rings. The molecular formula is C31H42N2O3. The minimum absolute atomic E-state index is 0.0257. The topological polar surface area (TPSA) is 84.8 Å². The molecule has 3 rings (SSSR count). The number of hydrogen-bond donors (Lipinski definition) is 5. The zero-order chi connectivity index (χ0) is 25.4. The average molecular weight is 491 g/mol. The van der Waals surface area contributed by atoms with Crippen molar-refractivity contribution in [2.24, 2.45) is 0 Å². The van der Waals surface area contributed by atoms with Gasteiger partial charge in [-0.25, -0.2) is 0 Å². The van der Waals surface area contributed by atoms with Crippen LogP contribution in [0.25, 0.3) is 0 Å². The van der Waals surface area contributed by atoms with Crippen LogP contribution in [0.2, 0.25) is 0 Å². The third-order valence-electron chi connectivity index (χ3n) is 6.64. The largest absolute Gasteiger partial charge is 0.508 e. The van der Waals surface area contributed by atoms with Crippen LogP contribution in [0.15, 0.2) is 66.7 Å². The van der Waals surface area contributed by atoms with Gasteiger partial charge in [0, 0.05) is 5.56 Å². The van der Waals surface area contributed by atoms with E-state index in [1.54, 1.807) is 18.2 Å². The van der Waals surface area contributed by atoms with Crippen LogP contribution >= 0.6 is 0 Å². The third-order valence-corrected chi connectivity index (χ3v) is 6.64. The molecule has 0 aliphatic heterocycles. The molecule has 0 spiro atoms. The maximum atomic E-state index is 10.4. The Balaban J connectivity index is 1.24. The van der Waals surface area contributed by atoms with Crippen molar-refractivity contribution in [2.75, 3.05) is 26.2 Å². The number of phenols is 3. The fourth-order valence-electron chi connectivity index (χ4n) is 4.54. The van der Waals surface area contributed by atoms with Crippen molar-refractivity contribution >= 4 is 0 Å². The highest BCUT2D eigenvalue weighted by Crippen LogP contribution is 2.32. The minimum Gasteiger partial charge on any atom is -0.508 e. The molecule has 36 heavy (non-hydrogen) atoms. The van der Waals surface area contributed by atoms with Crippen molar-refractivity contribution in [2.45, 2.75) is 57.8 Å².